The number of anilines is 1. The van der Waals surface area contributed by atoms with E-state index in [0.29, 0.717) is 16.5 Å². The van der Waals surface area contributed by atoms with E-state index in [9.17, 15) is 27.5 Å². The number of amides is 1. The minimum absolute atomic E-state index is 0.0399. The Morgan fingerprint density at radius 3 is 2.35 bits per heavy atom. The first-order chi connectivity index (χ1) is 14.5. The second-order valence-electron chi connectivity index (χ2n) is 6.11. The standard InChI is InChI=1S/C11H7NO4.C8H10AsNO5/c13-11(14)8-5-7-3-1-2-4-9(7)10(6-8)12(15)16;1-6(11)10-8-4-2-3-7(5-8)9(12,13)15-14/h1-6H,(H,13,14);2-5,14H,1H3,(H,10,11)(H,12,13). The van der Waals surface area contributed by atoms with Crippen LogP contribution in [-0.4, -0.2) is 45.4 Å². The van der Waals surface area contributed by atoms with Gasteiger partial charge in [-0.1, -0.05) is 18.2 Å². The Morgan fingerprint density at radius 1 is 1.10 bits per heavy atom. The van der Waals surface area contributed by atoms with Crippen molar-refractivity contribution in [2.75, 3.05) is 5.32 Å². The second kappa shape index (κ2) is 10.0. The van der Waals surface area contributed by atoms with Crippen molar-refractivity contribution in [3.63, 3.8) is 0 Å². The molecule has 0 aromatic heterocycles. The SMILES string of the molecule is CC(=O)Nc1cccc([As](=O)(O)OO)c1.O=C(O)c1cc([N+](=O)[O-])c2ccccc2c1. The Kier molecular flexibility index (Phi) is 7.67. The predicted octanol–water partition coefficient (Wildman–Crippen LogP) is 2.15. The predicted molar refractivity (Wildman–Crippen MR) is 110 cm³/mol. The van der Waals surface area contributed by atoms with Crippen molar-refractivity contribution in [3.05, 3.63) is 76.3 Å². The summed E-state index contributed by atoms with van der Waals surface area (Å²) in [5.41, 5.74) is 0.105. The fraction of sp³-hybridized carbons (Fsp3) is 0.0526. The first kappa shape index (κ1) is 23.8. The number of nitrogens with one attached hydrogen (secondary N) is 1. The summed E-state index contributed by atoms with van der Waals surface area (Å²) < 4.78 is 23.9. The summed E-state index contributed by atoms with van der Waals surface area (Å²) >= 11 is -4.83. The molecule has 0 heterocycles. The van der Waals surface area contributed by atoms with Crippen LogP contribution in [0.25, 0.3) is 10.8 Å². The van der Waals surface area contributed by atoms with Gasteiger partial charge in [-0.2, -0.15) is 0 Å². The summed E-state index contributed by atoms with van der Waals surface area (Å²) in [7, 11) is 0. The van der Waals surface area contributed by atoms with Crippen molar-refractivity contribution in [2.24, 2.45) is 0 Å². The number of hydrogen-bond acceptors (Lipinski definition) is 7. The number of carbonyl (C=O) groups excluding carboxylic acids is 1. The number of nitrogens with zero attached hydrogens (tertiary/aromatic N) is 1. The van der Waals surface area contributed by atoms with E-state index in [-0.39, 0.29) is 21.5 Å². The smallest absolute Gasteiger partial charge is 0.335 e. The zero-order valence-electron chi connectivity index (χ0n) is 16.0. The van der Waals surface area contributed by atoms with Gasteiger partial charge in [0, 0.05) is 6.07 Å². The maximum Gasteiger partial charge on any atom is 0.335 e. The van der Waals surface area contributed by atoms with Gasteiger partial charge in [-0.3, -0.25) is 10.1 Å². The summed E-state index contributed by atoms with van der Waals surface area (Å²) in [6, 6.07) is 14.8. The van der Waals surface area contributed by atoms with Crippen LogP contribution < -0.4 is 9.67 Å². The number of carbonyl (C=O) groups is 2. The third kappa shape index (κ3) is 6.24. The van der Waals surface area contributed by atoms with Gasteiger partial charge in [-0.05, 0) is 17.5 Å². The molecule has 162 valence electrons. The number of aromatic carboxylic acids is 1. The Hall–Kier alpha value is -3.50. The molecule has 31 heavy (non-hydrogen) atoms. The van der Waals surface area contributed by atoms with E-state index in [1.54, 1.807) is 30.3 Å². The molecule has 1 amide bonds. The van der Waals surface area contributed by atoms with E-state index in [2.05, 4.69) is 9.19 Å². The van der Waals surface area contributed by atoms with Crippen molar-refractivity contribution < 1.29 is 36.6 Å². The molecule has 3 aromatic carbocycles. The van der Waals surface area contributed by atoms with E-state index < -0.39 is 25.1 Å². The van der Waals surface area contributed by atoms with Crippen LogP contribution in [0.2, 0.25) is 0 Å². The van der Waals surface area contributed by atoms with Gasteiger partial charge in [0.1, 0.15) is 0 Å². The molecule has 0 aliphatic rings. The van der Waals surface area contributed by atoms with Crippen molar-refractivity contribution in [1.82, 2.24) is 0 Å². The van der Waals surface area contributed by atoms with Gasteiger partial charge < -0.3 is 5.11 Å². The number of nitro groups is 1. The molecular formula is C19H17AsN2O9. The van der Waals surface area contributed by atoms with E-state index in [1.807, 2.05) is 0 Å². The molecule has 0 saturated heterocycles. The third-order valence-electron chi connectivity index (χ3n) is 3.89. The average Bonchev–Trinajstić information content (AvgIpc) is 2.73. The fourth-order valence-electron chi connectivity index (χ4n) is 2.57. The molecule has 0 aliphatic carbocycles. The number of benzene rings is 3. The van der Waals surface area contributed by atoms with Gasteiger partial charge in [0.2, 0.25) is 0 Å². The quantitative estimate of drug-likeness (QED) is 0.180. The van der Waals surface area contributed by atoms with E-state index >= 15 is 0 Å². The summed E-state index contributed by atoms with van der Waals surface area (Å²) in [4.78, 5) is 31.7. The molecule has 4 N–H and O–H groups in total. The Balaban J connectivity index is 0.000000221. The zero-order valence-corrected chi connectivity index (χ0v) is 17.8. The number of carboxylic acids is 1. The van der Waals surface area contributed by atoms with Gasteiger partial charge in [-0.25, -0.2) is 4.79 Å². The normalized spacial score (nSPS) is 12.2. The largest absolute Gasteiger partial charge is 0.478 e. The van der Waals surface area contributed by atoms with Gasteiger partial charge >= 0.3 is 94.4 Å². The molecule has 0 radical (unpaired) electrons. The topological polar surface area (TPSA) is 176 Å². The van der Waals surface area contributed by atoms with E-state index in [4.69, 9.17) is 10.4 Å². The molecule has 11 nitrogen and oxygen atoms in total. The molecule has 0 aliphatic heterocycles. The van der Waals surface area contributed by atoms with Gasteiger partial charge in [0.25, 0.3) is 5.69 Å². The van der Waals surface area contributed by atoms with Crippen molar-refractivity contribution in [1.29, 1.82) is 0 Å². The number of carboxylic acid groups (broad SMARTS) is 1. The monoisotopic (exact) mass is 492 g/mol. The summed E-state index contributed by atoms with van der Waals surface area (Å²) in [5, 5.41) is 31.3. The average molecular weight is 492 g/mol. The first-order valence-corrected chi connectivity index (χ1v) is 11.8. The molecule has 3 rings (SSSR count). The molecule has 1 unspecified atom stereocenters. The van der Waals surface area contributed by atoms with Crippen LogP contribution >= 0.6 is 0 Å². The number of rotatable bonds is 5. The van der Waals surface area contributed by atoms with Gasteiger partial charge in [-0.15, -0.1) is 0 Å². The number of non-ortho nitro benzene ring substituents is 1. The summed E-state index contributed by atoms with van der Waals surface area (Å²) in [6.07, 6.45) is 0. The number of nitro benzene ring substituents is 1. The Morgan fingerprint density at radius 2 is 1.77 bits per heavy atom. The van der Waals surface area contributed by atoms with E-state index in [1.165, 1.54) is 31.2 Å². The van der Waals surface area contributed by atoms with Crippen LogP contribution in [0.15, 0.2) is 60.7 Å². The van der Waals surface area contributed by atoms with Crippen molar-refractivity contribution in [2.45, 2.75) is 6.92 Å². The van der Waals surface area contributed by atoms with Crippen LogP contribution in [0, 0.1) is 10.1 Å². The van der Waals surface area contributed by atoms with Gasteiger partial charge in [0.15, 0.2) is 0 Å². The molecule has 0 saturated carbocycles. The molecule has 1 atom stereocenters. The molecule has 0 spiro atoms. The Labute approximate surface area is 178 Å². The minimum Gasteiger partial charge on any atom is -0.478 e. The van der Waals surface area contributed by atoms with Crippen LogP contribution in [0.1, 0.15) is 17.3 Å². The van der Waals surface area contributed by atoms with Crippen LogP contribution in [0.3, 0.4) is 0 Å². The van der Waals surface area contributed by atoms with Crippen molar-refractivity contribution in [3.8, 4) is 0 Å². The summed E-state index contributed by atoms with van der Waals surface area (Å²) in [5.74, 6) is -1.47. The molecular weight excluding hydrogens is 475 g/mol. The summed E-state index contributed by atoms with van der Waals surface area (Å²) in [6.45, 7) is 1.32. The third-order valence-corrected chi connectivity index (χ3v) is 6.30. The minimum atomic E-state index is -4.83. The van der Waals surface area contributed by atoms with Gasteiger partial charge in [0.05, 0.1) is 15.9 Å². The maximum absolute atomic E-state index is 11.3. The Bertz CT molecular complexity index is 1200. The number of fused-ring (bicyclic) bond motifs is 1. The second-order valence-corrected chi connectivity index (χ2v) is 9.72. The van der Waals surface area contributed by atoms with Crippen LogP contribution in [0.4, 0.5) is 11.4 Å². The molecule has 3 aromatic rings. The molecule has 0 bridgehead atoms. The first-order valence-electron chi connectivity index (χ1n) is 8.50. The molecule has 0 fully saturated rings. The van der Waals surface area contributed by atoms with E-state index in [0.717, 1.165) is 6.07 Å². The fourth-order valence-corrected chi connectivity index (χ4v) is 3.98. The maximum atomic E-state index is 11.3. The zero-order chi connectivity index (χ0) is 23.2. The molecule has 12 heteroatoms. The van der Waals surface area contributed by atoms with Crippen LogP contribution in [0.5, 0.6) is 0 Å². The van der Waals surface area contributed by atoms with Crippen LogP contribution in [-0.2, 0) is 12.4 Å². The number of hydrogen-bond donors (Lipinski definition) is 4. The van der Waals surface area contributed by atoms with Crippen molar-refractivity contribution >= 4 is 52.5 Å².